The number of hydrogen-bond acceptors (Lipinski definition) is 2. The normalized spacial score (nSPS) is 9.74. The average Bonchev–Trinajstić information content (AvgIpc) is 2.95. The number of amides is 1. The van der Waals surface area contributed by atoms with Crippen molar-refractivity contribution in [1.82, 2.24) is 10.3 Å². The van der Waals surface area contributed by atoms with Crippen molar-refractivity contribution in [3.05, 3.63) is 59.7 Å². The molecule has 0 atom stereocenters. The summed E-state index contributed by atoms with van der Waals surface area (Å²) in [5.74, 6) is 1.05. The van der Waals surface area contributed by atoms with Crippen molar-refractivity contribution in [2.24, 2.45) is 0 Å². The van der Waals surface area contributed by atoms with E-state index in [1.54, 1.807) is 24.3 Å². The smallest absolute Gasteiger partial charge is 0.267 e. The Bertz CT molecular complexity index is 611. The van der Waals surface area contributed by atoms with Crippen molar-refractivity contribution in [1.29, 1.82) is 0 Å². The highest BCUT2D eigenvalue weighted by atomic mass is 19.1. The van der Waals surface area contributed by atoms with Gasteiger partial charge in [0.1, 0.15) is 17.5 Å². The van der Waals surface area contributed by atoms with Crippen LogP contribution in [0.25, 0.3) is 5.57 Å². The number of H-pyrrole nitrogens is 1. The SMILES string of the molecule is O=C=C(CNC(=O)c1ccc[nH]1)c1ccc(F)cc1. The molecule has 0 bridgehead atoms. The molecule has 1 heterocycles. The highest BCUT2D eigenvalue weighted by Gasteiger charge is 2.08. The highest BCUT2D eigenvalue weighted by molar-refractivity contribution is 5.95. The van der Waals surface area contributed by atoms with E-state index >= 15 is 0 Å². The van der Waals surface area contributed by atoms with E-state index in [0.717, 1.165) is 0 Å². The number of aromatic amines is 1. The molecule has 1 amide bonds. The van der Waals surface area contributed by atoms with Crippen LogP contribution < -0.4 is 5.32 Å². The largest absolute Gasteiger partial charge is 0.357 e. The van der Waals surface area contributed by atoms with Crippen LogP contribution in [-0.4, -0.2) is 23.4 Å². The van der Waals surface area contributed by atoms with E-state index < -0.39 is 0 Å². The third-order valence-electron chi connectivity index (χ3n) is 2.58. The van der Waals surface area contributed by atoms with Gasteiger partial charge in [0.25, 0.3) is 5.91 Å². The molecule has 0 unspecified atom stereocenters. The molecule has 0 aliphatic rings. The lowest BCUT2D eigenvalue weighted by Crippen LogP contribution is -2.25. The summed E-state index contributed by atoms with van der Waals surface area (Å²) in [5, 5.41) is 2.59. The van der Waals surface area contributed by atoms with Gasteiger partial charge in [-0.25, -0.2) is 9.18 Å². The zero-order valence-corrected chi connectivity index (χ0v) is 9.94. The Morgan fingerprint density at radius 1 is 1.26 bits per heavy atom. The number of nitrogens with one attached hydrogen (secondary N) is 2. The molecule has 1 aromatic carbocycles. The molecule has 0 fully saturated rings. The second-order valence-electron chi connectivity index (χ2n) is 3.85. The predicted octanol–water partition coefficient (Wildman–Crippen LogP) is 1.80. The molecule has 0 aliphatic carbocycles. The van der Waals surface area contributed by atoms with Crippen LogP contribution in [-0.2, 0) is 4.79 Å². The van der Waals surface area contributed by atoms with Crippen molar-refractivity contribution in [2.45, 2.75) is 0 Å². The van der Waals surface area contributed by atoms with Crippen LogP contribution in [0.5, 0.6) is 0 Å². The number of carbonyl (C=O) groups is 1. The first-order chi connectivity index (χ1) is 9.20. The zero-order chi connectivity index (χ0) is 13.7. The summed E-state index contributed by atoms with van der Waals surface area (Å²) >= 11 is 0. The van der Waals surface area contributed by atoms with E-state index in [4.69, 9.17) is 0 Å². The number of rotatable bonds is 4. The zero-order valence-electron chi connectivity index (χ0n) is 9.94. The molecule has 0 aliphatic heterocycles. The predicted molar refractivity (Wildman–Crippen MR) is 68.6 cm³/mol. The van der Waals surface area contributed by atoms with Gasteiger partial charge in [0.15, 0.2) is 0 Å². The monoisotopic (exact) mass is 258 g/mol. The van der Waals surface area contributed by atoms with Gasteiger partial charge in [-0.3, -0.25) is 4.79 Å². The second-order valence-corrected chi connectivity index (χ2v) is 3.85. The fourth-order valence-electron chi connectivity index (χ4n) is 1.58. The molecule has 0 spiro atoms. The van der Waals surface area contributed by atoms with Crippen molar-refractivity contribution in [2.75, 3.05) is 6.54 Å². The van der Waals surface area contributed by atoms with E-state index in [-0.39, 0.29) is 23.8 Å². The third kappa shape index (κ3) is 3.18. The first-order valence-electron chi connectivity index (χ1n) is 5.62. The molecule has 1 aromatic heterocycles. The van der Waals surface area contributed by atoms with Crippen LogP contribution in [0.1, 0.15) is 16.1 Å². The maximum atomic E-state index is 12.8. The molecule has 5 heteroatoms. The standard InChI is InChI=1S/C14H11FN2O2/c15-12-5-3-10(4-6-12)11(9-18)8-17-14(19)13-2-1-7-16-13/h1-7,16H,8H2,(H,17,19). The fraction of sp³-hybridized carbons (Fsp3) is 0.0714. The van der Waals surface area contributed by atoms with Crippen LogP contribution in [0, 0.1) is 5.82 Å². The average molecular weight is 258 g/mol. The molecule has 2 N–H and O–H groups in total. The quantitative estimate of drug-likeness (QED) is 0.821. The Morgan fingerprint density at radius 3 is 2.58 bits per heavy atom. The van der Waals surface area contributed by atoms with Crippen molar-refractivity contribution < 1.29 is 14.0 Å². The lowest BCUT2D eigenvalue weighted by atomic mass is 10.1. The molecule has 0 saturated carbocycles. The summed E-state index contributed by atoms with van der Waals surface area (Å²) in [5.41, 5.74) is 1.20. The number of hydrogen-bond donors (Lipinski definition) is 2. The highest BCUT2D eigenvalue weighted by Crippen LogP contribution is 2.11. The Labute approximate surface area is 109 Å². The molecule has 96 valence electrons. The van der Waals surface area contributed by atoms with Crippen LogP contribution in [0.2, 0.25) is 0 Å². The summed E-state index contributed by atoms with van der Waals surface area (Å²) in [7, 11) is 0. The van der Waals surface area contributed by atoms with Crippen LogP contribution in [0.15, 0.2) is 42.6 Å². The minimum Gasteiger partial charge on any atom is -0.357 e. The summed E-state index contributed by atoms with van der Waals surface area (Å²) in [6, 6.07) is 8.76. The van der Waals surface area contributed by atoms with E-state index in [1.807, 2.05) is 0 Å². The minimum absolute atomic E-state index is 0.0347. The Morgan fingerprint density at radius 2 is 2.00 bits per heavy atom. The van der Waals surface area contributed by atoms with E-state index in [9.17, 15) is 14.0 Å². The van der Waals surface area contributed by atoms with Crippen molar-refractivity contribution in [3.8, 4) is 0 Å². The number of benzene rings is 1. The lowest BCUT2D eigenvalue weighted by Gasteiger charge is -2.05. The van der Waals surface area contributed by atoms with Gasteiger partial charge < -0.3 is 10.3 Å². The summed E-state index contributed by atoms with van der Waals surface area (Å²) < 4.78 is 12.8. The Kier molecular flexibility index (Phi) is 3.90. The van der Waals surface area contributed by atoms with Crippen molar-refractivity contribution in [3.63, 3.8) is 0 Å². The molecule has 19 heavy (non-hydrogen) atoms. The topological polar surface area (TPSA) is 62.0 Å². The lowest BCUT2D eigenvalue weighted by molar-refractivity contribution is 0.0954. The van der Waals surface area contributed by atoms with Crippen LogP contribution in [0.4, 0.5) is 4.39 Å². The van der Waals surface area contributed by atoms with E-state index in [2.05, 4.69) is 10.3 Å². The van der Waals surface area contributed by atoms with Crippen molar-refractivity contribution >= 4 is 17.4 Å². The number of carbonyl (C=O) groups excluding carboxylic acids is 2. The maximum Gasteiger partial charge on any atom is 0.267 e. The van der Waals surface area contributed by atoms with E-state index in [0.29, 0.717) is 11.3 Å². The molecule has 0 radical (unpaired) electrons. The molecule has 0 saturated heterocycles. The molecular weight excluding hydrogens is 247 g/mol. The van der Waals surface area contributed by atoms with Gasteiger partial charge in [-0.2, -0.15) is 0 Å². The van der Waals surface area contributed by atoms with E-state index in [1.165, 1.54) is 24.3 Å². The Balaban J connectivity index is 2.03. The van der Waals surface area contributed by atoms with Crippen LogP contribution >= 0.6 is 0 Å². The van der Waals surface area contributed by atoms with Gasteiger partial charge in [0.05, 0.1) is 12.1 Å². The summed E-state index contributed by atoms with van der Waals surface area (Å²) in [6.07, 6.45) is 1.63. The first kappa shape index (κ1) is 12.8. The second kappa shape index (κ2) is 5.80. The molecule has 2 rings (SSSR count). The molecule has 4 nitrogen and oxygen atoms in total. The molecular formula is C14H11FN2O2. The van der Waals surface area contributed by atoms with Gasteiger partial charge >= 0.3 is 0 Å². The van der Waals surface area contributed by atoms with Gasteiger partial charge in [0, 0.05) is 6.20 Å². The minimum atomic E-state index is -0.385. The Hall–Kier alpha value is -2.65. The number of aromatic nitrogens is 1. The summed E-state index contributed by atoms with van der Waals surface area (Å²) in [6.45, 7) is 0.0347. The summed E-state index contributed by atoms with van der Waals surface area (Å²) in [4.78, 5) is 25.3. The van der Waals surface area contributed by atoms with Gasteiger partial charge in [-0.15, -0.1) is 0 Å². The maximum absolute atomic E-state index is 12.8. The fourth-order valence-corrected chi connectivity index (χ4v) is 1.58. The first-order valence-corrected chi connectivity index (χ1v) is 5.62. The van der Waals surface area contributed by atoms with Crippen LogP contribution in [0.3, 0.4) is 0 Å². The molecule has 2 aromatic rings. The van der Waals surface area contributed by atoms with Gasteiger partial charge in [-0.1, -0.05) is 12.1 Å². The van der Waals surface area contributed by atoms with Gasteiger partial charge in [0.2, 0.25) is 0 Å². The van der Waals surface area contributed by atoms with Gasteiger partial charge in [-0.05, 0) is 29.8 Å². The third-order valence-corrected chi connectivity index (χ3v) is 2.58. The number of halogens is 1.